The number of aromatic nitrogens is 2. The molecule has 0 bridgehead atoms. The molecule has 0 amide bonds. The fourth-order valence-corrected chi connectivity index (χ4v) is 1.97. The highest BCUT2D eigenvalue weighted by Gasteiger charge is 2.06. The predicted molar refractivity (Wildman–Crippen MR) is 65.6 cm³/mol. The zero-order valence-corrected chi connectivity index (χ0v) is 11.8. The van der Waals surface area contributed by atoms with Gasteiger partial charge < -0.3 is 28.4 Å². The van der Waals surface area contributed by atoms with Crippen molar-refractivity contribution in [3.05, 3.63) is 59.9 Å². The first kappa shape index (κ1) is 12.4. The highest BCUT2D eigenvalue weighted by Crippen LogP contribution is 2.26. The highest BCUT2D eigenvalue weighted by atomic mass is 127. The molecule has 0 spiro atoms. The third kappa shape index (κ3) is 2.30. The standard InChI is InChI=1S/C13H9ClN2.HI/c14-11-6-2-1-5-10(11)12-9-16-8-4-3-7-13(16)15-12;/h1-9H;1H/p-1. The predicted octanol–water partition coefficient (Wildman–Crippen LogP) is 0.659. The largest absolute Gasteiger partial charge is 1.00 e. The number of benzene rings is 1. The molecule has 4 heteroatoms. The number of pyridine rings is 1. The molecule has 0 radical (unpaired) electrons. The molecule has 0 saturated heterocycles. The van der Waals surface area contributed by atoms with Crippen molar-refractivity contribution in [1.82, 2.24) is 9.38 Å². The summed E-state index contributed by atoms with van der Waals surface area (Å²) in [5.74, 6) is 0. The van der Waals surface area contributed by atoms with E-state index >= 15 is 0 Å². The van der Waals surface area contributed by atoms with Crippen LogP contribution in [0.2, 0.25) is 5.02 Å². The maximum absolute atomic E-state index is 6.14. The maximum Gasteiger partial charge on any atom is 0.137 e. The fraction of sp³-hybridized carbons (Fsp3) is 0. The van der Waals surface area contributed by atoms with Gasteiger partial charge in [0.05, 0.1) is 10.7 Å². The van der Waals surface area contributed by atoms with Crippen molar-refractivity contribution in [2.75, 3.05) is 0 Å². The summed E-state index contributed by atoms with van der Waals surface area (Å²) in [6.07, 6.45) is 3.96. The zero-order valence-electron chi connectivity index (χ0n) is 8.85. The van der Waals surface area contributed by atoms with E-state index in [-0.39, 0.29) is 24.0 Å². The van der Waals surface area contributed by atoms with Crippen LogP contribution in [-0.2, 0) is 0 Å². The van der Waals surface area contributed by atoms with Gasteiger partial charge in [-0.05, 0) is 18.2 Å². The Morgan fingerprint density at radius 1 is 1.00 bits per heavy atom. The molecule has 0 N–H and O–H groups in total. The average Bonchev–Trinajstić information content (AvgIpc) is 2.73. The topological polar surface area (TPSA) is 17.3 Å². The second kappa shape index (κ2) is 5.06. The first-order valence-corrected chi connectivity index (χ1v) is 5.41. The van der Waals surface area contributed by atoms with E-state index in [1.807, 2.05) is 59.3 Å². The summed E-state index contributed by atoms with van der Waals surface area (Å²) in [5.41, 5.74) is 2.79. The monoisotopic (exact) mass is 355 g/mol. The van der Waals surface area contributed by atoms with Crippen molar-refractivity contribution in [2.45, 2.75) is 0 Å². The lowest BCUT2D eigenvalue weighted by atomic mass is 10.2. The Labute approximate surface area is 121 Å². The second-order valence-electron chi connectivity index (χ2n) is 3.57. The van der Waals surface area contributed by atoms with Gasteiger partial charge >= 0.3 is 0 Å². The number of nitrogens with zero attached hydrogens (tertiary/aromatic N) is 2. The molecule has 0 aliphatic heterocycles. The molecule has 2 heterocycles. The molecule has 86 valence electrons. The molecule has 0 saturated carbocycles. The number of hydrogen-bond donors (Lipinski definition) is 0. The van der Waals surface area contributed by atoms with Crippen molar-refractivity contribution in [1.29, 1.82) is 0 Å². The van der Waals surface area contributed by atoms with Gasteiger partial charge in [0.2, 0.25) is 0 Å². The summed E-state index contributed by atoms with van der Waals surface area (Å²) in [6, 6.07) is 13.7. The van der Waals surface area contributed by atoms with Crippen LogP contribution >= 0.6 is 11.6 Å². The van der Waals surface area contributed by atoms with Gasteiger partial charge in [0, 0.05) is 18.0 Å². The van der Waals surface area contributed by atoms with Gasteiger partial charge in [-0.2, -0.15) is 0 Å². The third-order valence-corrected chi connectivity index (χ3v) is 2.84. The molecule has 0 fully saturated rings. The summed E-state index contributed by atoms with van der Waals surface area (Å²) < 4.78 is 1.98. The summed E-state index contributed by atoms with van der Waals surface area (Å²) in [7, 11) is 0. The lowest BCUT2D eigenvalue weighted by Gasteiger charge is -1.97. The summed E-state index contributed by atoms with van der Waals surface area (Å²) >= 11 is 6.14. The van der Waals surface area contributed by atoms with E-state index < -0.39 is 0 Å². The van der Waals surface area contributed by atoms with Gasteiger partial charge in [-0.25, -0.2) is 4.98 Å². The van der Waals surface area contributed by atoms with E-state index in [0.717, 1.165) is 21.9 Å². The Balaban J connectivity index is 0.00000108. The minimum Gasteiger partial charge on any atom is -1.00 e. The van der Waals surface area contributed by atoms with E-state index in [2.05, 4.69) is 4.98 Å². The smallest absolute Gasteiger partial charge is 0.137 e. The molecule has 3 rings (SSSR count). The maximum atomic E-state index is 6.14. The SMILES string of the molecule is Clc1ccccc1-c1cn2ccccc2n1.[I-]. The lowest BCUT2D eigenvalue weighted by molar-refractivity contribution is -0.00000313. The Morgan fingerprint density at radius 2 is 1.76 bits per heavy atom. The van der Waals surface area contributed by atoms with Crippen LogP contribution in [0.25, 0.3) is 16.9 Å². The number of halogens is 2. The van der Waals surface area contributed by atoms with Crippen LogP contribution in [0.1, 0.15) is 0 Å². The molecule has 0 atom stereocenters. The minimum absolute atomic E-state index is 0. The Morgan fingerprint density at radius 3 is 2.53 bits per heavy atom. The second-order valence-corrected chi connectivity index (χ2v) is 3.98. The number of imidazole rings is 1. The molecular formula is C13H9ClIN2-. The van der Waals surface area contributed by atoms with Gasteiger partial charge in [0.15, 0.2) is 0 Å². The van der Waals surface area contributed by atoms with Crippen LogP contribution in [-0.4, -0.2) is 9.38 Å². The molecule has 17 heavy (non-hydrogen) atoms. The number of fused-ring (bicyclic) bond motifs is 1. The first-order valence-electron chi connectivity index (χ1n) is 5.03. The van der Waals surface area contributed by atoms with Crippen molar-refractivity contribution >= 4 is 17.2 Å². The summed E-state index contributed by atoms with van der Waals surface area (Å²) in [5, 5.41) is 0.728. The van der Waals surface area contributed by atoms with Crippen LogP contribution in [0.4, 0.5) is 0 Å². The van der Waals surface area contributed by atoms with Gasteiger partial charge in [-0.15, -0.1) is 0 Å². The Bertz CT molecular complexity index is 615. The van der Waals surface area contributed by atoms with Gasteiger partial charge in [-0.3, -0.25) is 0 Å². The molecule has 1 aromatic carbocycles. The summed E-state index contributed by atoms with van der Waals surface area (Å²) in [6.45, 7) is 0. The van der Waals surface area contributed by atoms with Crippen molar-refractivity contribution in [3.8, 4) is 11.3 Å². The molecular weight excluding hydrogens is 347 g/mol. The van der Waals surface area contributed by atoms with E-state index in [1.54, 1.807) is 0 Å². The van der Waals surface area contributed by atoms with Gasteiger partial charge in [0.25, 0.3) is 0 Å². The Hall–Kier alpha value is -1.07. The molecule has 0 unspecified atom stereocenters. The first-order chi connectivity index (χ1) is 7.84. The van der Waals surface area contributed by atoms with Crippen LogP contribution in [0.3, 0.4) is 0 Å². The molecule has 0 aliphatic carbocycles. The molecule has 2 aromatic heterocycles. The quantitative estimate of drug-likeness (QED) is 0.586. The van der Waals surface area contributed by atoms with Gasteiger partial charge in [-0.1, -0.05) is 35.9 Å². The van der Waals surface area contributed by atoms with E-state index in [0.29, 0.717) is 0 Å². The fourth-order valence-electron chi connectivity index (χ4n) is 1.73. The highest BCUT2D eigenvalue weighted by molar-refractivity contribution is 6.33. The zero-order chi connectivity index (χ0) is 11.0. The van der Waals surface area contributed by atoms with Crippen molar-refractivity contribution in [3.63, 3.8) is 0 Å². The van der Waals surface area contributed by atoms with E-state index in [4.69, 9.17) is 11.6 Å². The average molecular weight is 356 g/mol. The summed E-state index contributed by atoms with van der Waals surface area (Å²) in [4.78, 5) is 4.52. The minimum atomic E-state index is 0. The Kier molecular flexibility index (Phi) is 3.69. The van der Waals surface area contributed by atoms with Crippen molar-refractivity contribution in [2.24, 2.45) is 0 Å². The van der Waals surface area contributed by atoms with Crippen molar-refractivity contribution < 1.29 is 24.0 Å². The molecule has 0 aliphatic rings. The van der Waals surface area contributed by atoms with Crippen LogP contribution in [0.5, 0.6) is 0 Å². The van der Waals surface area contributed by atoms with Crippen LogP contribution < -0.4 is 24.0 Å². The number of rotatable bonds is 1. The lowest BCUT2D eigenvalue weighted by Crippen LogP contribution is -3.00. The third-order valence-electron chi connectivity index (χ3n) is 2.51. The van der Waals surface area contributed by atoms with E-state index in [9.17, 15) is 0 Å². The van der Waals surface area contributed by atoms with E-state index in [1.165, 1.54) is 0 Å². The normalized spacial score (nSPS) is 10.2. The van der Waals surface area contributed by atoms with Gasteiger partial charge in [0.1, 0.15) is 5.65 Å². The molecule has 2 nitrogen and oxygen atoms in total. The molecule has 3 aromatic rings. The van der Waals surface area contributed by atoms with Crippen LogP contribution in [0, 0.1) is 0 Å². The number of hydrogen-bond acceptors (Lipinski definition) is 1. The van der Waals surface area contributed by atoms with Crippen LogP contribution in [0.15, 0.2) is 54.9 Å².